The average molecular weight is 353 g/mol. The SMILES string of the molecule is O=S(=O)(Nc1cccc2cccnc12)c1ccc(F)c2ncccc12. The van der Waals surface area contributed by atoms with Crippen LogP contribution in [0.15, 0.2) is 71.9 Å². The fraction of sp³-hybridized carbons (Fsp3) is 0. The Kier molecular flexibility index (Phi) is 3.58. The molecule has 4 rings (SSSR count). The lowest BCUT2D eigenvalue weighted by atomic mass is 10.2. The van der Waals surface area contributed by atoms with Gasteiger partial charge in [-0.25, -0.2) is 12.8 Å². The fourth-order valence-electron chi connectivity index (χ4n) is 2.73. The monoisotopic (exact) mass is 353 g/mol. The number of pyridine rings is 2. The van der Waals surface area contributed by atoms with E-state index in [1.54, 1.807) is 30.5 Å². The Morgan fingerprint density at radius 3 is 2.40 bits per heavy atom. The minimum Gasteiger partial charge on any atom is -0.277 e. The summed E-state index contributed by atoms with van der Waals surface area (Å²) in [7, 11) is -3.94. The number of halogens is 1. The highest BCUT2D eigenvalue weighted by Crippen LogP contribution is 2.28. The molecule has 0 spiro atoms. The van der Waals surface area contributed by atoms with Crippen molar-refractivity contribution < 1.29 is 12.8 Å². The smallest absolute Gasteiger partial charge is 0.262 e. The van der Waals surface area contributed by atoms with E-state index in [2.05, 4.69) is 14.7 Å². The molecule has 0 aliphatic carbocycles. The van der Waals surface area contributed by atoms with Crippen LogP contribution in [-0.4, -0.2) is 18.4 Å². The number of fused-ring (bicyclic) bond motifs is 2. The molecule has 124 valence electrons. The standard InChI is InChI=1S/C18H12FN3O2S/c19-14-8-9-16(13-6-3-11-21-18(13)14)25(23,24)22-15-7-1-4-12-5-2-10-20-17(12)15/h1-11,22H. The fourth-order valence-corrected chi connectivity index (χ4v) is 4.00. The largest absolute Gasteiger partial charge is 0.277 e. The van der Waals surface area contributed by atoms with Gasteiger partial charge in [0, 0.05) is 23.2 Å². The van der Waals surface area contributed by atoms with Gasteiger partial charge in [0.15, 0.2) is 0 Å². The summed E-state index contributed by atoms with van der Waals surface area (Å²) in [5.74, 6) is -0.568. The minimum atomic E-state index is -3.94. The average Bonchev–Trinajstić information content (AvgIpc) is 2.62. The molecule has 0 fully saturated rings. The number of hydrogen-bond acceptors (Lipinski definition) is 4. The highest BCUT2D eigenvalue weighted by Gasteiger charge is 2.20. The highest BCUT2D eigenvalue weighted by atomic mass is 32.2. The van der Waals surface area contributed by atoms with Crippen molar-refractivity contribution in [3.05, 3.63) is 72.8 Å². The molecule has 7 heteroatoms. The third-order valence-corrected chi connectivity index (χ3v) is 5.27. The maximum Gasteiger partial charge on any atom is 0.262 e. The molecule has 2 aromatic carbocycles. The molecule has 5 nitrogen and oxygen atoms in total. The van der Waals surface area contributed by atoms with Gasteiger partial charge in [0.25, 0.3) is 10.0 Å². The molecule has 0 aliphatic rings. The van der Waals surface area contributed by atoms with Crippen LogP contribution in [0.4, 0.5) is 10.1 Å². The molecule has 0 amide bonds. The molecule has 0 saturated carbocycles. The van der Waals surface area contributed by atoms with Crippen molar-refractivity contribution in [1.29, 1.82) is 0 Å². The van der Waals surface area contributed by atoms with E-state index in [0.717, 1.165) is 11.5 Å². The predicted molar refractivity (Wildman–Crippen MR) is 94.3 cm³/mol. The van der Waals surface area contributed by atoms with Gasteiger partial charge in [-0.3, -0.25) is 14.7 Å². The van der Waals surface area contributed by atoms with Gasteiger partial charge in [-0.1, -0.05) is 18.2 Å². The Labute approximate surface area is 143 Å². The van der Waals surface area contributed by atoms with Crippen LogP contribution in [0.2, 0.25) is 0 Å². The van der Waals surface area contributed by atoms with Gasteiger partial charge < -0.3 is 0 Å². The summed E-state index contributed by atoms with van der Waals surface area (Å²) in [5, 5.41) is 1.04. The molecule has 0 unspecified atom stereocenters. The topological polar surface area (TPSA) is 72.0 Å². The Hall–Kier alpha value is -3.06. The molecule has 0 aliphatic heterocycles. The number of hydrogen-bond donors (Lipinski definition) is 1. The normalized spacial score (nSPS) is 11.7. The number of para-hydroxylation sites is 1. The zero-order valence-electron chi connectivity index (χ0n) is 12.8. The number of rotatable bonds is 3. The number of aromatic nitrogens is 2. The first-order valence-corrected chi connectivity index (χ1v) is 8.94. The maximum absolute atomic E-state index is 13.9. The van der Waals surface area contributed by atoms with Gasteiger partial charge in [-0.15, -0.1) is 0 Å². The second-order valence-corrected chi connectivity index (χ2v) is 7.08. The summed E-state index contributed by atoms with van der Waals surface area (Å²) < 4.78 is 42.2. The van der Waals surface area contributed by atoms with Crippen molar-refractivity contribution in [2.75, 3.05) is 4.72 Å². The zero-order valence-corrected chi connectivity index (χ0v) is 13.7. The van der Waals surface area contributed by atoms with Gasteiger partial charge in [0.05, 0.1) is 16.1 Å². The first-order valence-electron chi connectivity index (χ1n) is 7.46. The predicted octanol–water partition coefficient (Wildman–Crippen LogP) is 3.72. The van der Waals surface area contributed by atoms with Crippen LogP contribution in [0.3, 0.4) is 0 Å². The van der Waals surface area contributed by atoms with E-state index in [1.807, 2.05) is 12.1 Å². The van der Waals surface area contributed by atoms with E-state index in [9.17, 15) is 12.8 Å². The van der Waals surface area contributed by atoms with E-state index >= 15 is 0 Å². The van der Waals surface area contributed by atoms with Crippen LogP contribution in [0.5, 0.6) is 0 Å². The first kappa shape index (κ1) is 15.5. The van der Waals surface area contributed by atoms with Crippen LogP contribution in [0, 0.1) is 5.82 Å². The van der Waals surface area contributed by atoms with Crippen LogP contribution in [-0.2, 0) is 10.0 Å². The summed E-state index contributed by atoms with van der Waals surface area (Å²) in [6, 6.07) is 14.3. The van der Waals surface area contributed by atoms with Gasteiger partial charge in [0.1, 0.15) is 11.3 Å². The molecule has 0 saturated heterocycles. The van der Waals surface area contributed by atoms with Crippen molar-refractivity contribution in [3.63, 3.8) is 0 Å². The highest BCUT2D eigenvalue weighted by molar-refractivity contribution is 7.93. The van der Waals surface area contributed by atoms with Gasteiger partial charge >= 0.3 is 0 Å². The Bertz CT molecular complexity index is 1200. The molecule has 0 radical (unpaired) electrons. The molecule has 2 aromatic heterocycles. The lowest BCUT2D eigenvalue weighted by Crippen LogP contribution is -2.14. The molecule has 25 heavy (non-hydrogen) atoms. The van der Waals surface area contributed by atoms with Gasteiger partial charge in [-0.2, -0.15) is 0 Å². The van der Waals surface area contributed by atoms with E-state index < -0.39 is 15.8 Å². The lowest BCUT2D eigenvalue weighted by molar-refractivity contribution is 0.601. The van der Waals surface area contributed by atoms with Crippen LogP contribution >= 0.6 is 0 Å². The van der Waals surface area contributed by atoms with E-state index in [-0.39, 0.29) is 15.8 Å². The van der Waals surface area contributed by atoms with Crippen molar-refractivity contribution in [1.82, 2.24) is 9.97 Å². The number of benzene rings is 2. The Morgan fingerprint density at radius 2 is 1.56 bits per heavy atom. The van der Waals surface area contributed by atoms with E-state index in [0.29, 0.717) is 11.2 Å². The molecule has 0 bridgehead atoms. The first-order chi connectivity index (χ1) is 12.1. The van der Waals surface area contributed by atoms with Crippen molar-refractivity contribution in [3.8, 4) is 0 Å². The van der Waals surface area contributed by atoms with Crippen LogP contribution < -0.4 is 4.72 Å². The summed E-state index contributed by atoms with van der Waals surface area (Å²) in [4.78, 5) is 8.13. The quantitative estimate of drug-likeness (QED) is 0.609. The summed E-state index contributed by atoms with van der Waals surface area (Å²) in [5.41, 5.74) is 0.916. The zero-order chi connectivity index (χ0) is 17.4. The van der Waals surface area contributed by atoms with E-state index in [1.165, 1.54) is 18.3 Å². The van der Waals surface area contributed by atoms with Gasteiger partial charge in [0.2, 0.25) is 0 Å². The third-order valence-electron chi connectivity index (χ3n) is 3.85. The summed E-state index contributed by atoms with van der Waals surface area (Å²) in [6.07, 6.45) is 3.02. The van der Waals surface area contributed by atoms with E-state index in [4.69, 9.17) is 0 Å². The van der Waals surface area contributed by atoms with Crippen molar-refractivity contribution in [2.45, 2.75) is 4.90 Å². The second-order valence-electron chi connectivity index (χ2n) is 5.43. The number of nitrogens with zero attached hydrogens (tertiary/aromatic N) is 2. The minimum absolute atomic E-state index is 0.0152. The Balaban J connectivity index is 1.87. The summed E-state index contributed by atoms with van der Waals surface area (Å²) >= 11 is 0. The molecule has 1 N–H and O–H groups in total. The summed E-state index contributed by atoms with van der Waals surface area (Å²) in [6.45, 7) is 0. The van der Waals surface area contributed by atoms with Crippen molar-refractivity contribution in [2.24, 2.45) is 0 Å². The third kappa shape index (κ3) is 2.68. The molecule has 4 aromatic rings. The molecule has 2 heterocycles. The van der Waals surface area contributed by atoms with Crippen LogP contribution in [0.1, 0.15) is 0 Å². The number of nitrogens with one attached hydrogen (secondary N) is 1. The second kappa shape index (κ2) is 5.78. The lowest BCUT2D eigenvalue weighted by Gasteiger charge is -2.12. The maximum atomic E-state index is 13.9. The number of sulfonamides is 1. The molecular weight excluding hydrogens is 341 g/mol. The Morgan fingerprint density at radius 1 is 0.840 bits per heavy atom. The molecular formula is C18H12FN3O2S. The number of anilines is 1. The van der Waals surface area contributed by atoms with Crippen LogP contribution in [0.25, 0.3) is 21.8 Å². The van der Waals surface area contributed by atoms with Crippen molar-refractivity contribution >= 4 is 37.5 Å². The van der Waals surface area contributed by atoms with Gasteiger partial charge in [-0.05, 0) is 36.4 Å². The molecule has 0 atom stereocenters.